The van der Waals surface area contributed by atoms with Crippen LogP contribution < -0.4 is 5.56 Å². The zero-order valence-corrected chi connectivity index (χ0v) is 22.6. The van der Waals surface area contributed by atoms with Crippen LogP contribution in [0, 0.1) is 12.8 Å². The lowest BCUT2D eigenvalue weighted by molar-refractivity contribution is -0.156. The summed E-state index contributed by atoms with van der Waals surface area (Å²) in [5.74, 6) is -0.565. The van der Waals surface area contributed by atoms with Crippen LogP contribution in [-0.2, 0) is 19.4 Å². The van der Waals surface area contributed by atoms with E-state index >= 15 is 0 Å². The molecule has 0 aliphatic carbocycles. The molecule has 9 heteroatoms. The third-order valence-electron chi connectivity index (χ3n) is 4.73. The van der Waals surface area contributed by atoms with E-state index < -0.39 is 42.6 Å². The zero-order chi connectivity index (χ0) is 23.4. The Morgan fingerprint density at radius 2 is 1.61 bits per heavy atom. The van der Waals surface area contributed by atoms with Crippen molar-refractivity contribution in [3.05, 3.63) is 51.8 Å². The molecule has 1 aromatic heterocycles. The molecular formula is C22H34N2O5Si2. The molecule has 0 spiro atoms. The van der Waals surface area contributed by atoms with E-state index in [0.717, 1.165) is 15.8 Å². The van der Waals surface area contributed by atoms with E-state index in [9.17, 15) is 9.59 Å². The fourth-order valence-corrected chi connectivity index (χ4v) is 5.62. The Bertz CT molecular complexity index is 959. The summed E-state index contributed by atoms with van der Waals surface area (Å²) in [5.41, 5.74) is 1.74. The molecular weight excluding hydrogens is 428 g/mol. The zero-order valence-electron chi connectivity index (χ0n) is 19.8. The summed E-state index contributed by atoms with van der Waals surface area (Å²) < 4.78 is 18.5. The first-order chi connectivity index (χ1) is 14.4. The minimum Gasteiger partial charge on any atom is -0.442 e. The van der Waals surface area contributed by atoms with Crippen molar-refractivity contribution in [3.8, 4) is 11.3 Å². The van der Waals surface area contributed by atoms with Crippen LogP contribution in [0.15, 0.2) is 35.1 Å². The Morgan fingerprint density at radius 1 is 1.06 bits per heavy atom. The number of aromatic nitrogens is 2. The molecule has 2 rings (SSSR count). The number of hydrogen-bond acceptors (Lipinski definition) is 6. The summed E-state index contributed by atoms with van der Waals surface area (Å²) in [7, 11) is -1.40. The molecule has 0 saturated carbocycles. The van der Waals surface area contributed by atoms with Crippen LogP contribution in [0.2, 0.25) is 13.1 Å². The molecule has 31 heavy (non-hydrogen) atoms. The molecule has 7 nitrogen and oxygen atoms in total. The first-order valence-electron chi connectivity index (χ1n) is 10.7. The molecule has 0 atom stereocenters. The van der Waals surface area contributed by atoms with Crippen LogP contribution in [-0.4, -0.2) is 41.0 Å². The van der Waals surface area contributed by atoms with Crippen LogP contribution in [0.1, 0.15) is 45.7 Å². The second-order valence-electron chi connectivity index (χ2n) is 8.67. The van der Waals surface area contributed by atoms with Gasteiger partial charge in [0.2, 0.25) is 0 Å². The van der Waals surface area contributed by atoms with E-state index in [0.29, 0.717) is 11.3 Å². The van der Waals surface area contributed by atoms with Gasteiger partial charge in [-0.25, -0.2) is 4.79 Å². The molecule has 170 valence electrons. The van der Waals surface area contributed by atoms with Gasteiger partial charge in [-0.05, 0) is 33.3 Å². The lowest BCUT2D eigenvalue weighted by atomic mass is 9.93. The lowest BCUT2D eigenvalue weighted by Gasteiger charge is -2.38. The number of aryl methyl sites for hydroxylation is 1. The third kappa shape index (κ3) is 5.79. The van der Waals surface area contributed by atoms with Crippen LogP contribution in [0.25, 0.3) is 11.3 Å². The predicted octanol–water partition coefficient (Wildman–Crippen LogP) is 3.11. The Balaban J connectivity index is 2.50. The van der Waals surface area contributed by atoms with Crippen LogP contribution in [0.3, 0.4) is 0 Å². The second-order valence-corrected chi connectivity index (χ2v) is 10.4. The SMILES string of the molecule is C[SiH2]OC(O[SiH2]C)(c1ccc(-c2nn(C(=O)OC(C)(C)C)c(=O)cc2C)cc1)C(C)C. The molecule has 0 N–H and O–H groups in total. The molecule has 1 aromatic carbocycles. The van der Waals surface area contributed by atoms with Gasteiger partial charge in [0, 0.05) is 23.1 Å². The normalized spacial score (nSPS) is 14.6. The van der Waals surface area contributed by atoms with Gasteiger partial charge in [-0.15, -0.1) is 4.68 Å². The number of rotatable bonds is 7. The maximum atomic E-state index is 12.4. The van der Waals surface area contributed by atoms with E-state index in [2.05, 4.69) is 32.0 Å². The molecule has 0 radical (unpaired) electrons. The number of ether oxygens (including phenoxy) is 1. The van der Waals surface area contributed by atoms with Crippen molar-refractivity contribution < 1.29 is 18.4 Å². The fraction of sp³-hybridized carbons (Fsp3) is 0.500. The molecule has 2 aromatic rings. The average Bonchev–Trinajstić information content (AvgIpc) is 2.66. The van der Waals surface area contributed by atoms with Gasteiger partial charge in [-0.2, -0.15) is 5.10 Å². The largest absolute Gasteiger partial charge is 0.442 e. The average molecular weight is 463 g/mol. The topological polar surface area (TPSA) is 79.7 Å². The summed E-state index contributed by atoms with van der Waals surface area (Å²) >= 11 is 0. The first kappa shape index (κ1) is 25.2. The highest BCUT2D eigenvalue weighted by Crippen LogP contribution is 2.35. The van der Waals surface area contributed by atoms with Crippen molar-refractivity contribution in [3.63, 3.8) is 0 Å². The summed E-state index contributed by atoms with van der Waals surface area (Å²) in [6, 6.07) is 9.21. The van der Waals surface area contributed by atoms with Crippen molar-refractivity contribution >= 4 is 25.6 Å². The van der Waals surface area contributed by atoms with Crippen molar-refractivity contribution in [2.75, 3.05) is 0 Å². The predicted molar refractivity (Wildman–Crippen MR) is 128 cm³/mol. The third-order valence-corrected chi connectivity index (χ3v) is 6.16. The van der Waals surface area contributed by atoms with E-state index in [1.54, 1.807) is 27.7 Å². The lowest BCUT2D eigenvalue weighted by Crippen LogP contribution is -2.40. The molecule has 0 fully saturated rings. The molecule has 1 heterocycles. The number of hydrogen-bond donors (Lipinski definition) is 0. The van der Waals surface area contributed by atoms with Gasteiger partial charge in [0.25, 0.3) is 5.56 Å². The summed E-state index contributed by atoms with van der Waals surface area (Å²) in [6.07, 6.45) is -0.795. The van der Waals surface area contributed by atoms with Crippen molar-refractivity contribution in [2.45, 2.75) is 66.0 Å². The van der Waals surface area contributed by atoms with Crippen molar-refractivity contribution in [1.82, 2.24) is 9.78 Å². The standard InChI is InChI=1S/C22H34N2O5Si2/c1-14(2)22(28-30-7,29-31-8)17-11-9-16(10-12-17)19-15(3)13-18(25)24(23-19)20(26)27-21(4,5)6/h9-14H,30-31H2,1-8H3. The van der Waals surface area contributed by atoms with Gasteiger partial charge in [0.05, 0.1) is 5.69 Å². The number of carbonyl (C=O) groups is 1. The molecule has 0 unspecified atom stereocenters. The molecule has 0 bridgehead atoms. The Labute approximate surface area is 189 Å². The van der Waals surface area contributed by atoms with Crippen LogP contribution in [0.4, 0.5) is 4.79 Å². The number of benzene rings is 1. The fourth-order valence-electron chi connectivity index (χ4n) is 3.43. The van der Waals surface area contributed by atoms with Crippen LogP contribution in [0.5, 0.6) is 0 Å². The van der Waals surface area contributed by atoms with E-state index in [1.807, 2.05) is 24.3 Å². The maximum absolute atomic E-state index is 12.4. The van der Waals surface area contributed by atoms with E-state index in [4.69, 9.17) is 13.6 Å². The smallest absolute Gasteiger partial charge is 0.438 e. The summed E-state index contributed by atoms with van der Waals surface area (Å²) in [4.78, 5) is 24.8. The highest BCUT2D eigenvalue weighted by atomic mass is 28.2. The Hall–Kier alpha value is -2.08. The minimum atomic E-state index is -0.795. The Kier molecular flexibility index (Phi) is 8.15. The highest BCUT2D eigenvalue weighted by molar-refractivity contribution is 6.26. The quantitative estimate of drug-likeness (QED) is 0.465. The number of carbonyl (C=O) groups excluding carboxylic acids is 1. The minimum absolute atomic E-state index is 0.159. The van der Waals surface area contributed by atoms with E-state index in [1.165, 1.54) is 6.07 Å². The van der Waals surface area contributed by atoms with Gasteiger partial charge in [0.15, 0.2) is 25.3 Å². The summed E-state index contributed by atoms with van der Waals surface area (Å²) in [6.45, 7) is 15.4. The molecule has 0 aliphatic heterocycles. The summed E-state index contributed by atoms with van der Waals surface area (Å²) in [5, 5.41) is 4.31. The van der Waals surface area contributed by atoms with Gasteiger partial charge in [-0.3, -0.25) is 4.79 Å². The van der Waals surface area contributed by atoms with Crippen molar-refractivity contribution in [1.29, 1.82) is 0 Å². The van der Waals surface area contributed by atoms with Gasteiger partial charge >= 0.3 is 6.09 Å². The first-order valence-corrected chi connectivity index (χ1v) is 14.7. The number of nitrogens with zero attached hydrogens (tertiary/aromatic N) is 2. The molecule has 0 aliphatic rings. The van der Waals surface area contributed by atoms with E-state index in [-0.39, 0.29) is 5.92 Å². The second kappa shape index (κ2) is 10.0. The monoisotopic (exact) mass is 462 g/mol. The van der Waals surface area contributed by atoms with Crippen molar-refractivity contribution in [2.24, 2.45) is 5.92 Å². The maximum Gasteiger partial charge on any atom is 0.438 e. The highest BCUT2D eigenvalue weighted by Gasteiger charge is 2.36. The Morgan fingerprint density at radius 3 is 2.06 bits per heavy atom. The molecule has 0 saturated heterocycles. The van der Waals surface area contributed by atoms with Gasteiger partial charge in [0.1, 0.15) is 5.60 Å². The molecule has 0 amide bonds. The van der Waals surface area contributed by atoms with Gasteiger partial charge < -0.3 is 13.6 Å². The van der Waals surface area contributed by atoms with Gasteiger partial charge in [-0.1, -0.05) is 51.2 Å². The van der Waals surface area contributed by atoms with Crippen LogP contribution >= 0.6 is 0 Å².